The second kappa shape index (κ2) is 7.15. The van der Waals surface area contributed by atoms with Gasteiger partial charge in [0, 0.05) is 5.88 Å². The molecule has 0 aromatic carbocycles. The lowest BCUT2D eigenvalue weighted by Crippen LogP contribution is -2.32. The van der Waals surface area contributed by atoms with Crippen molar-refractivity contribution in [3.05, 3.63) is 0 Å². The lowest BCUT2D eigenvalue weighted by molar-refractivity contribution is -0.163. The Kier molecular flexibility index (Phi) is 7.07. The van der Waals surface area contributed by atoms with Gasteiger partial charge in [-0.25, -0.2) is 9.36 Å². The Morgan fingerprint density at radius 1 is 1.47 bits per heavy atom. The summed E-state index contributed by atoms with van der Waals surface area (Å²) in [5.41, 5.74) is -0.570. The fourth-order valence-electron chi connectivity index (χ4n) is 0.896. The number of esters is 1. The van der Waals surface area contributed by atoms with Crippen LogP contribution >= 0.6 is 20.3 Å². The van der Waals surface area contributed by atoms with E-state index in [1.807, 2.05) is 0 Å². The summed E-state index contributed by atoms with van der Waals surface area (Å²) in [4.78, 5) is 11.5. The van der Waals surface area contributed by atoms with Gasteiger partial charge in [0.1, 0.15) is 5.60 Å². The molecule has 0 spiro atoms. The van der Waals surface area contributed by atoms with Gasteiger partial charge in [-0.3, -0.25) is 4.52 Å². The molecule has 0 radical (unpaired) electrons. The SMILES string of the molecule is CC(C)(C)OC(=O)C(CCCCl)OP=O. The van der Waals surface area contributed by atoms with E-state index < -0.39 is 26.4 Å². The highest BCUT2D eigenvalue weighted by Crippen LogP contribution is 2.16. The molecule has 0 heterocycles. The van der Waals surface area contributed by atoms with E-state index in [9.17, 15) is 9.36 Å². The molecule has 1 atom stereocenters. The van der Waals surface area contributed by atoms with Crippen LogP contribution in [0, 0.1) is 0 Å². The summed E-state index contributed by atoms with van der Waals surface area (Å²) in [6.45, 7) is 5.29. The average molecular weight is 255 g/mol. The Labute approximate surface area is 96.6 Å². The Hall–Kier alpha value is -0.180. The third-order valence-electron chi connectivity index (χ3n) is 1.44. The summed E-state index contributed by atoms with van der Waals surface area (Å²) in [6, 6.07) is 0. The van der Waals surface area contributed by atoms with Gasteiger partial charge in [0.25, 0.3) is 0 Å². The predicted octanol–water partition coefficient (Wildman–Crippen LogP) is 2.94. The molecule has 0 aliphatic carbocycles. The van der Waals surface area contributed by atoms with Gasteiger partial charge in [0.2, 0.25) is 0 Å². The fraction of sp³-hybridized carbons (Fsp3) is 0.889. The summed E-state index contributed by atoms with van der Waals surface area (Å²) in [7, 11) is -0.522. The molecule has 0 aromatic rings. The van der Waals surface area contributed by atoms with Gasteiger partial charge in [-0.15, -0.1) is 11.6 Å². The molecule has 0 N–H and O–H groups in total. The molecule has 6 heteroatoms. The van der Waals surface area contributed by atoms with Crippen molar-refractivity contribution in [1.82, 2.24) is 0 Å². The lowest BCUT2D eigenvalue weighted by Gasteiger charge is -2.22. The number of carbonyl (C=O) groups excluding carboxylic acids is 1. The first-order valence-corrected chi connectivity index (χ1v) is 5.94. The first kappa shape index (κ1) is 14.8. The van der Waals surface area contributed by atoms with Crippen LogP contribution in [-0.2, 0) is 18.6 Å². The number of alkyl halides is 1. The van der Waals surface area contributed by atoms with E-state index in [1.54, 1.807) is 20.8 Å². The van der Waals surface area contributed by atoms with Crippen LogP contribution in [0.1, 0.15) is 33.6 Å². The molecule has 4 nitrogen and oxygen atoms in total. The Bertz CT molecular complexity index is 215. The van der Waals surface area contributed by atoms with Crippen LogP contribution in [0.4, 0.5) is 0 Å². The molecular formula is C9H16ClO4P. The van der Waals surface area contributed by atoms with Gasteiger partial charge in [0.15, 0.2) is 6.10 Å². The molecule has 0 amide bonds. The third-order valence-corrected chi connectivity index (χ3v) is 2.05. The van der Waals surface area contributed by atoms with Crippen LogP contribution in [0.25, 0.3) is 0 Å². The van der Waals surface area contributed by atoms with Crippen LogP contribution in [-0.4, -0.2) is 23.6 Å². The van der Waals surface area contributed by atoms with Gasteiger partial charge in [-0.2, -0.15) is 0 Å². The number of ether oxygens (including phenoxy) is 1. The number of rotatable bonds is 6. The lowest BCUT2D eigenvalue weighted by atomic mass is 10.1. The van der Waals surface area contributed by atoms with Crippen LogP contribution < -0.4 is 0 Å². The number of carbonyl (C=O) groups is 1. The summed E-state index contributed by atoms with van der Waals surface area (Å²) >= 11 is 5.50. The van der Waals surface area contributed by atoms with E-state index in [0.29, 0.717) is 18.7 Å². The first-order chi connectivity index (χ1) is 6.90. The molecule has 0 bridgehead atoms. The molecule has 0 aromatic heterocycles. The van der Waals surface area contributed by atoms with Crippen molar-refractivity contribution < 1.29 is 18.6 Å². The maximum atomic E-state index is 11.5. The molecule has 0 aliphatic heterocycles. The summed E-state index contributed by atoms with van der Waals surface area (Å²) in [5, 5.41) is 0. The Balaban J connectivity index is 4.21. The van der Waals surface area contributed by atoms with E-state index in [4.69, 9.17) is 20.9 Å². The average Bonchev–Trinajstić information content (AvgIpc) is 2.09. The van der Waals surface area contributed by atoms with E-state index in [2.05, 4.69) is 0 Å². The standard InChI is InChI=1S/C9H16ClO4P/c1-9(2,3)13-8(11)7(14-15-12)5-4-6-10/h7H,4-6H2,1-3H3. The van der Waals surface area contributed by atoms with Crippen molar-refractivity contribution >= 4 is 26.3 Å². The van der Waals surface area contributed by atoms with Crippen molar-refractivity contribution in [2.24, 2.45) is 0 Å². The summed E-state index contributed by atoms with van der Waals surface area (Å²) < 4.78 is 20.1. The van der Waals surface area contributed by atoms with Crippen molar-refractivity contribution in [1.29, 1.82) is 0 Å². The highest BCUT2D eigenvalue weighted by molar-refractivity contribution is 7.17. The maximum absolute atomic E-state index is 11.5. The molecule has 15 heavy (non-hydrogen) atoms. The molecule has 1 unspecified atom stereocenters. The molecule has 0 fully saturated rings. The van der Waals surface area contributed by atoms with E-state index in [1.165, 1.54) is 0 Å². The number of hydrogen-bond donors (Lipinski definition) is 0. The predicted molar refractivity (Wildman–Crippen MR) is 58.3 cm³/mol. The topological polar surface area (TPSA) is 52.6 Å². The summed E-state index contributed by atoms with van der Waals surface area (Å²) in [6.07, 6.45) is 0.219. The maximum Gasteiger partial charge on any atom is 0.336 e. The zero-order valence-corrected chi connectivity index (χ0v) is 10.8. The van der Waals surface area contributed by atoms with Crippen molar-refractivity contribution in [2.45, 2.75) is 45.3 Å². The molecule has 0 saturated carbocycles. The van der Waals surface area contributed by atoms with Crippen LogP contribution in [0.15, 0.2) is 0 Å². The van der Waals surface area contributed by atoms with Gasteiger partial charge in [0.05, 0.1) is 0 Å². The van der Waals surface area contributed by atoms with Gasteiger partial charge in [-0.05, 0) is 33.6 Å². The smallest absolute Gasteiger partial charge is 0.336 e. The van der Waals surface area contributed by atoms with Crippen molar-refractivity contribution in [3.63, 3.8) is 0 Å². The van der Waals surface area contributed by atoms with E-state index >= 15 is 0 Å². The summed E-state index contributed by atoms with van der Waals surface area (Å²) in [5.74, 6) is -0.0748. The number of hydrogen-bond acceptors (Lipinski definition) is 4. The highest BCUT2D eigenvalue weighted by Gasteiger charge is 2.25. The van der Waals surface area contributed by atoms with Crippen molar-refractivity contribution in [3.8, 4) is 0 Å². The molecule has 0 aliphatic rings. The second-order valence-corrected chi connectivity index (χ2v) is 4.77. The first-order valence-electron chi connectivity index (χ1n) is 4.68. The zero-order chi connectivity index (χ0) is 11.9. The minimum atomic E-state index is -0.804. The van der Waals surface area contributed by atoms with Crippen LogP contribution in [0.3, 0.4) is 0 Å². The molecule has 0 saturated heterocycles. The Morgan fingerprint density at radius 3 is 2.47 bits per heavy atom. The van der Waals surface area contributed by atoms with Crippen LogP contribution in [0.2, 0.25) is 0 Å². The normalized spacial score (nSPS) is 13.9. The van der Waals surface area contributed by atoms with Gasteiger partial charge >= 0.3 is 14.7 Å². The minimum Gasteiger partial charge on any atom is -0.458 e. The third kappa shape index (κ3) is 7.71. The minimum absolute atomic E-state index is 0.410. The highest BCUT2D eigenvalue weighted by atomic mass is 35.5. The molecule has 0 rings (SSSR count). The largest absolute Gasteiger partial charge is 0.458 e. The Morgan fingerprint density at radius 2 is 2.07 bits per heavy atom. The van der Waals surface area contributed by atoms with E-state index in [-0.39, 0.29) is 0 Å². The quantitative estimate of drug-likeness (QED) is 0.415. The second-order valence-electron chi connectivity index (χ2n) is 4.03. The zero-order valence-electron chi connectivity index (χ0n) is 9.16. The van der Waals surface area contributed by atoms with E-state index in [0.717, 1.165) is 0 Å². The van der Waals surface area contributed by atoms with Gasteiger partial charge in [-0.1, -0.05) is 0 Å². The van der Waals surface area contributed by atoms with Crippen molar-refractivity contribution in [2.75, 3.05) is 5.88 Å². The van der Waals surface area contributed by atoms with Crippen LogP contribution in [0.5, 0.6) is 0 Å². The monoisotopic (exact) mass is 254 g/mol. The molecule has 88 valence electrons. The molecular weight excluding hydrogens is 239 g/mol. The fourth-order valence-corrected chi connectivity index (χ4v) is 1.35. The van der Waals surface area contributed by atoms with Gasteiger partial charge < -0.3 is 4.74 Å². The number of halogens is 1.